The van der Waals surface area contributed by atoms with Crippen molar-refractivity contribution < 1.29 is 13.6 Å². The summed E-state index contributed by atoms with van der Waals surface area (Å²) in [5.41, 5.74) is 0.221. The van der Waals surface area contributed by atoms with E-state index in [9.17, 15) is 13.6 Å². The molecule has 2 nitrogen and oxygen atoms in total. The lowest BCUT2D eigenvalue weighted by Crippen LogP contribution is -2.11. The molecule has 14 heavy (non-hydrogen) atoms. The summed E-state index contributed by atoms with van der Waals surface area (Å²) in [5.74, 6) is -2.07. The highest BCUT2D eigenvalue weighted by atomic mass is 35.5. The van der Waals surface area contributed by atoms with Crippen LogP contribution >= 0.6 is 11.6 Å². The molecule has 0 heterocycles. The third-order valence-electron chi connectivity index (χ3n) is 1.52. The Bertz CT molecular complexity index is 344. The summed E-state index contributed by atoms with van der Waals surface area (Å²) in [7, 11) is 0. The van der Waals surface area contributed by atoms with Crippen LogP contribution in [0.3, 0.4) is 0 Å². The van der Waals surface area contributed by atoms with Gasteiger partial charge in [-0.1, -0.05) is 0 Å². The van der Waals surface area contributed by atoms with Gasteiger partial charge in [-0.3, -0.25) is 4.79 Å². The molecule has 0 atom stereocenters. The monoisotopic (exact) mass is 219 g/mol. The molecule has 1 rings (SSSR count). The van der Waals surface area contributed by atoms with Gasteiger partial charge in [0.05, 0.1) is 0 Å². The molecule has 0 aliphatic heterocycles. The second-order valence-electron chi connectivity index (χ2n) is 2.62. The molecule has 76 valence electrons. The van der Waals surface area contributed by atoms with Crippen LogP contribution < -0.4 is 5.32 Å². The van der Waals surface area contributed by atoms with E-state index in [0.717, 1.165) is 12.1 Å². The Labute approximate surface area is 84.9 Å². The highest BCUT2D eigenvalue weighted by molar-refractivity contribution is 6.19. The lowest BCUT2D eigenvalue weighted by Gasteiger charge is -2.03. The summed E-state index contributed by atoms with van der Waals surface area (Å²) in [6.07, 6.45) is 0.139. The Morgan fingerprint density at radius 1 is 1.36 bits per heavy atom. The normalized spacial score (nSPS) is 9.93. The van der Waals surface area contributed by atoms with Crippen LogP contribution in [0.4, 0.5) is 14.5 Å². The number of benzene rings is 1. The number of amides is 1. The van der Waals surface area contributed by atoms with Crippen LogP contribution in [0.1, 0.15) is 6.42 Å². The number of carbonyl (C=O) groups excluding carboxylic acids is 1. The summed E-state index contributed by atoms with van der Waals surface area (Å²) in [4.78, 5) is 11.0. The van der Waals surface area contributed by atoms with Gasteiger partial charge in [0.25, 0.3) is 0 Å². The number of nitrogens with one attached hydrogen (secondary N) is 1. The molecule has 5 heteroatoms. The zero-order chi connectivity index (χ0) is 10.6. The maximum absolute atomic E-state index is 12.7. The highest BCUT2D eigenvalue weighted by Gasteiger charge is 2.05. The van der Waals surface area contributed by atoms with E-state index in [1.54, 1.807) is 0 Å². The van der Waals surface area contributed by atoms with Crippen LogP contribution in [0.15, 0.2) is 18.2 Å². The fraction of sp³-hybridized carbons (Fsp3) is 0.222. The van der Waals surface area contributed by atoms with Gasteiger partial charge >= 0.3 is 0 Å². The smallest absolute Gasteiger partial charge is 0.225 e. The third-order valence-corrected chi connectivity index (χ3v) is 1.71. The molecule has 0 spiro atoms. The van der Waals surface area contributed by atoms with Crippen LogP contribution in [0.25, 0.3) is 0 Å². The average Bonchev–Trinajstić information content (AvgIpc) is 2.12. The maximum atomic E-state index is 12.7. The molecule has 1 aromatic rings. The third kappa shape index (κ3) is 2.96. The molecule has 0 aromatic heterocycles. The standard InChI is InChI=1S/C9H8ClF2NO/c10-4-3-9(14)13-6-1-2-7(11)8(12)5-6/h1-2,5H,3-4H2,(H,13,14). The van der Waals surface area contributed by atoms with E-state index < -0.39 is 11.6 Å². The first-order chi connectivity index (χ1) is 6.63. The number of anilines is 1. The summed E-state index contributed by atoms with van der Waals surface area (Å²) in [6, 6.07) is 3.15. The van der Waals surface area contributed by atoms with Crippen molar-refractivity contribution in [3.05, 3.63) is 29.8 Å². The van der Waals surface area contributed by atoms with Gasteiger partial charge < -0.3 is 5.32 Å². The molecular weight excluding hydrogens is 212 g/mol. The van der Waals surface area contributed by atoms with Crippen molar-refractivity contribution in [2.45, 2.75) is 6.42 Å². The lowest BCUT2D eigenvalue weighted by molar-refractivity contribution is -0.115. The largest absolute Gasteiger partial charge is 0.326 e. The highest BCUT2D eigenvalue weighted by Crippen LogP contribution is 2.13. The molecule has 0 saturated carbocycles. The van der Waals surface area contributed by atoms with E-state index in [-0.39, 0.29) is 23.9 Å². The topological polar surface area (TPSA) is 29.1 Å². The van der Waals surface area contributed by atoms with E-state index in [2.05, 4.69) is 5.32 Å². The van der Waals surface area contributed by atoms with E-state index >= 15 is 0 Å². The second-order valence-corrected chi connectivity index (χ2v) is 2.99. The maximum Gasteiger partial charge on any atom is 0.225 e. The van der Waals surface area contributed by atoms with Crippen molar-refractivity contribution in [2.75, 3.05) is 11.2 Å². The zero-order valence-electron chi connectivity index (χ0n) is 7.19. The lowest BCUT2D eigenvalue weighted by atomic mass is 10.3. The molecule has 0 bridgehead atoms. The molecule has 0 fully saturated rings. The van der Waals surface area contributed by atoms with Crippen molar-refractivity contribution in [2.24, 2.45) is 0 Å². The van der Waals surface area contributed by atoms with Crippen molar-refractivity contribution in [3.63, 3.8) is 0 Å². The molecule has 0 unspecified atom stereocenters. The minimum atomic E-state index is -0.992. The van der Waals surface area contributed by atoms with Crippen LogP contribution in [-0.4, -0.2) is 11.8 Å². The van der Waals surface area contributed by atoms with Crippen LogP contribution in [0.5, 0.6) is 0 Å². The molecule has 1 amide bonds. The minimum Gasteiger partial charge on any atom is -0.326 e. The van der Waals surface area contributed by atoms with Crippen LogP contribution in [0, 0.1) is 11.6 Å². The molecule has 0 radical (unpaired) electrons. The molecule has 1 N–H and O–H groups in total. The number of carbonyl (C=O) groups is 1. The van der Waals surface area contributed by atoms with E-state index in [1.165, 1.54) is 6.07 Å². The number of rotatable bonds is 3. The summed E-state index contributed by atoms with van der Waals surface area (Å²) >= 11 is 5.32. The Morgan fingerprint density at radius 2 is 2.07 bits per heavy atom. The zero-order valence-corrected chi connectivity index (χ0v) is 7.94. The van der Waals surface area contributed by atoms with E-state index in [4.69, 9.17) is 11.6 Å². The summed E-state index contributed by atoms with van der Waals surface area (Å²) in [6.45, 7) is 0. The average molecular weight is 220 g/mol. The fourth-order valence-corrected chi connectivity index (χ4v) is 1.05. The number of alkyl halides is 1. The Morgan fingerprint density at radius 3 is 2.64 bits per heavy atom. The summed E-state index contributed by atoms with van der Waals surface area (Å²) in [5, 5.41) is 2.38. The number of hydrogen-bond acceptors (Lipinski definition) is 1. The van der Waals surface area contributed by atoms with Crippen LogP contribution in [0.2, 0.25) is 0 Å². The van der Waals surface area contributed by atoms with E-state index in [0.29, 0.717) is 0 Å². The Balaban J connectivity index is 2.68. The van der Waals surface area contributed by atoms with Gasteiger partial charge in [0.2, 0.25) is 5.91 Å². The predicted octanol–water partition coefficient (Wildman–Crippen LogP) is 2.53. The van der Waals surface area contributed by atoms with Gasteiger partial charge in [0.1, 0.15) is 0 Å². The SMILES string of the molecule is O=C(CCCl)Nc1ccc(F)c(F)c1. The first-order valence-corrected chi connectivity index (χ1v) is 4.48. The van der Waals surface area contributed by atoms with Gasteiger partial charge in [0.15, 0.2) is 11.6 Å². The predicted molar refractivity (Wildman–Crippen MR) is 50.3 cm³/mol. The van der Waals surface area contributed by atoms with Crippen molar-refractivity contribution in [1.82, 2.24) is 0 Å². The van der Waals surface area contributed by atoms with Crippen molar-refractivity contribution in [1.29, 1.82) is 0 Å². The summed E-state index contributed by atoms with van der Waals surface area (Å²) < 4.78 is 25.1. The minimum absolute atomic E-state index is 0.139. The van der Waals surface area contributed by atoms with Gasteiger partial charge in [-0.2, -0.15) is 0 Å². The molecule has 0 aliphatic carbocycles. The molecule has 0 aliphatic rings. The second kappa shape index (κ2) is 4.91. The van der Waals surface area contributed by atoms with Crippen molar-refractivity contribution >= 4 is 23.2 Å². The Kier molecular flexibility index (Phi) is 3.83. The number of halogens is 3. The molecule has 1 aromatic carbocycles. The first-order valence-electron chi connectivity index (χ1n) is 3.94. The first kappa shape index (κ1) is 10.9. The van der Waals surface area contributed by atoms with E-state index in [1.807, 2.05) is 0 Å². The quantitative estimate of drug-likeness (QED) is 0.778. The van der Waals surface area contributed by atoms with Crippen molar-refractivity contribution in [3.8, 4) is 0 Å². The molecular formula is C9H8ClF2NO. The fourth-order valence-electron chi connectivity index (χ4n) is 0.883. The van der Waals surface area contributed by atoms with Gasteiger partial charge in [-0.25, -0.2) is 8.78 Å². The van der Waals surface area contributed by atoms with Gasteiger partial charge in [0, 0.05) is 24.1 Å². The van der Waals surface area contributed by atoms with Gasteiger partial charge in [-0.05, 0) is 12.1 Å². The molecule has 0 saturated heterocycles. The number of hydrogen-bond donors (Lipinski definition) is 1. The Hall–Kier alpha value is -1.16. The van der Waals surface area contributed by atoms with Gasteiger partial charge in [-0.15, -0.1) is 11.6 Å². The van der Waals surface area contributed by atoms with Crippen LogP contribution in [-0.2, 0) is 4.79 Å².